The lowest BCUT2D eigenvalue weighted by Gasteiger charge is -2.26. The minimum atomic E-state index is -0.828. The second-order valence-corrected chi connectivity index (χ2v) is 6.06. The number of hydrogen-bond acceptors (Lipinski definition) is 2. The third-order valence-electron chi connectivity index (χ3n) is 4.76. The van der Waals surface area contributed by atoms with E-state index < -0.39 is 5.97 Å². The second-order valence-electron chi connectivity index (χ2n) is 6.06. The van der Waals surface area contributed by atoms with Gasteiger partial charge in [-0.2, -0.15) is 0 Å². The first-order chi connectivity index (χ1) is 10.7. The Hall–Kier alpha value is -1.81. The van der Waals surface area contributed by atoms with E-state index in [9.17, 15) is 9.90 Å². The van der Waals surface area contributed by atoms with Crippen LogP contribution in [-0.4, -0.2) is 33.6 Å². The number of unbranched alkanes of at least 4 members (excludes halogenated alkanes) is 1. The average Bonchev–Trinajstić information content (AvgIpc) is 2.85. The normalized spacial score (nSPS) is 15.2. The predicted octanol–water partition coefficient (Wildman–Crippen LogP) is 3.52. The van der Waals surface area contributed by atoms with Crippen LogP contribution in [0.2, 0.25) is 0 Å². The van der Waals surface area contributed by atoms with Crippen molar-refractivity contribution in [2.75, 3.05) is 13.1 Å². The molecule has 0 radical (unpaired) electrons. The van der Waals surface area contributed by atoms with Crippen LogP contribution in [0, 0.1) is 0 Å². The minimum absolute atomic E-state index is 0.436. The Kier molecular flexibility index (Phi) is 4.21. The summed E-state index contributed by atoms with van der Waals surface area (Å²) in [6, 6.07) is 5.69. The summed E-state index contributed by atoms with van der Waals surface area (Å²) in [5.41, 5.74) is 4.04. The zero-order valence-corrected chi connectivity index (χ0v) is 13.4. The third kappa shape index (κ3) is 2.41. The molecular formula is C18H24N2O2. The van der Waals surface area contributed by atoms with E-state index in [2.05, 4.69) is 29.4 Å². The number of carboxylic acid groups (broad SMARTS) is 1. The molecule has 2 aromatic rings. The Morgan fingerprint density at radius 2 is 2.14 bits per heavy atom. The van der Waals surface area contributed by atoms with Gasteiger partial charge >= 0.3 is 5.97 Å². The zero-order valence-electron chi connectivity index (χ0n) is 13.4. The molecule has 0 saturated heterocycles. The van der Waals surface area contributed by atoms with E-state index in [1.807, 2.05) is 6.07 Å². The smallest absolute Gasteiger partial charge is 0.337 e. The number of aromatic carboxylic acids is 1. The van der Waals surface area contributed by atoms with Crippen molar-refractivity contribution in [2.45, 2.75) is 46.2 Å². The monoisotopic (exact) mass is 300 g/mol. The maximum Gasteiger partial charge on any atom is 0.337 e. The number of aromatic nitrogens is 1. The molecule has 2 heterocycles. The Morgan fingerprint density at radius 1 is 1.32 bits per heavy atom. The first-order valence-corrected chi connectivity index (χ1v) is 8.26. The van der Waals surface area contributed by atoms with Crippen molar-refractivity contribution in [3.05, 3.63) is 35.0 Å². The number of nitrogens with zero attached hydrogens (tertiary/aromatic N) is 2. The summed E-state index contributed by atoms with van der Waals surface area (Å²) in [4.78, 5) is 14.1. The average molecular weight is 300 g/mol. The van der Waals surface area contributed by atoms with E-state index in [0.29, 0.717) is 5.56 Å². The molecule has 4 heteroatoms. The molecule has 1 aromatic heterocycles. The molecule has 3 rings (SSSR count). The molecule has 0 fully saturated rings. The fourth-order valence-corrected chi connectivity index (χ4v) is 3.57. The molecule has 0 aliphatic carbocycles. The second kappa shape index (κ2) is 6.13. The van der Waals surface area contributed by atoms with E-state index in [0.717, 1.165) is 56.3 Å². The first-order valence-electron chi connectivity index (χ1n) is 8.26. The summed E-state index contributed by atoms with van der Waals surface area (Å²) in [5, 5.41) is 10.7. The van der Waals surface area contributed by atoms with Crippen molar-refractivity contribution in [1.82, 2.24) is 9.47 Å². The van der Waals surface area contributed by atoms with Crippen LogP contribution in [0.3, 0.4) is 0 Å². The third-order valence-corrected chi connectivity index (χ3v) is 4.76. The number of aryl methyl sites for hydroxylation is 1. The van der Waals surface area contributed by atoms with Crippen LogP contribution >= 0.6 is 0 Å². The standard InChI is InChI=1S/C18H24N2O2/c1-3-5-10-20-16-9-11-19(4-2)12-15(16)13-7-6-8-14(17(13)20)18(21)22/h6-8H,3-5,9-12H2,1-2H3,(H,21,22). The molecule has 0 atom stereocenters. The van der Waals surface area contributed by atoms with Gasteiger partial charge in [0.2, 0.25) is 0 Å². The van der Waals surface area contributed by atoms with Crippen LogP contribution in [0.1, 0.15) is 48.3 Å². The molecule has 0 amide bonds. The number of hydrogen-bond donors (Lipinski definition) is 1. The molecule has 4 nitrogen and oxygen atoms in total. The van der Waals surface area contributed by atoms with E-state index in [4.69, 9.17) is 0 Å². The molecule has 0 saturated carbocycles. The van der Waals surface area contributed by atoms with Crippen molar-refractivity contribution in [2.24, 2.45) is 0 Å². The van der Waals surface area contributed by atoms with Crippen molar-refractivity contribution in [1.29, 1.82) is 0 Å². The highest BCUT2D eigenvalue weighted by Gasteiger charge is 2.25. The van der Waals surface area contributed by atoms with Gasteiger partial charge in [-0.3, -0.25) is 4.90 Å². The van der Waals surface area contributed by atoms with Gasteiger partial charge in [-0.05, 0) is 24.6 Å². The van der Waals surface area contributed by atoms with Gasteiger partial charge in [0.1, 0.15) is 0 Å². The van der Waals surface area contributed by atoms with Crippen LogP contribution < -0.4 is 0 Å². The molecule has 0 bridgehead atoms. The maximum absolute atomic E-state index is 11.7. The molecule has 0 unspecified atom stereocenters. The first kappa shape index (κ1) is 15.1. The maximum atomic E-state index is 11.7. The Labute approximate surface area is 131 Å². The fourth-order valence-electron chi connectivity index (χ4n) is 3.57. The highest BCUT2D eigenvalue weighted by atomic mass is 16.4. The molecule has 118 valence electrons. The highest BCUT2D eigenvalue weighted by Crippen LogP contribution is 2.33. The fraction of sp³-hybridized carbons (Fsp3) is 0.500. The Morgan fingerprint density at radius 3 is 2.82 bits per heavy atom. The van der Waals surface area contributed by atoms with E-state index in [-0.39, 0.29) is 0 Å². The summed E-state index contributed by atoms with van der Waals surface area (Å²) in [6.45, 7) is 8.32. The summed E-state index contributed by atoms with van der Waals surface area (Å²) in [5.74, 6) is -0.828. The summed E-state index contributed by atoms with van der Waals surface area (Å²) >= 11 is 0. The predicted molar refractivity (Wildman–Crippen MR) is 88.5 cm³/mol. The molecular weight excluding hydrogens is 276 g/mol. The summed E-state index contributed by atoms with van der Waals surface area (Å²) < 4.78 is 2.28. The van der Waals surface area contributed by atoms with E-state index in [1.165, 1.54) is 11.3 Å². The van der Waals surface area contributed by atoms with Crippen LogP contribution in [0.15, 0.2) is 18.2 Å². The topological polar surface area (TPSA) is 45.5 Å². The van der Waals surface area contributed by atoms with Gasteiger partial charge in [-0.15, -0.1) is 0 Å². The van der Waals surface area contributed by atoms with Gasteiger partial charge in [0.15, 0.2) is 0 Å². The quantitative estimate of drug-likeness (QED) is 0.919. The summed E-state index contributed by atoms with van der Waals surface area (Å²) in [7, 11) is 0. The van der Waals surface area contributed by atoms with Gasteiger partial charge < -0.3 is 9.67 Å². The van der Waals surface area contributed by atoms with Gasteiger partial charge in [0.05, 0.1) is 11.1 Å². The van der Waals surface area contributed by atoms with Crippen molar-refractivity contribution >= 4 is 16.9 Å². The van der Waals surface area contributed by atoms with Crippen molar-refractivity contribution in [3.8, 4) is 0 Å². The van der Waals surface area contributed by atoms with Gasteiger partial charge in [0.25, 0.3) is 0 Å². The number of likely N-dealkylation sites (N-methyl/N-ethyl adjacent to an activating group) is 1. The van der Waals surface area contributed by atoms with Crippen molar-refractivity contribution < 1.29 is 9.90 Å². The number of rotatable bonds is 5. The molecule has 1 aliphatic rings. The SMILES string of the molecule is CCCCn1c2c(c3cccc(C(=O)O)c31)CN(CC)CC2. The molecule has 1 aliphatic heterocycles. The number of benzene rings is 1. The minimum Gasteiger partial charge on any atom is -0.478 e. The van der Waals surface area contributed by atoms with E-state index >= 15 is 0 Å². The number of fused-ring (bicyclic) bond motifs is 3. The van der Waals surface area contributed by atoms with Crippen LogP contribution in [0.25, 0.3) is 10.9 Å². The van der Waals surface area contributed by atoms with Crippen LogP contribution in [0.5, 0.6) is 0 Å². The zero-order chi connectivity index (χ0) is 15.7. The van der Waals surface area contributed by atoms with Gasteiger partial charge in [-0.25, -0.2) is 4.79 Å². The van der Waals surface area contributed by atoms with Crippen molar-refractivity contribution in [3.63, 3.8) is 0 Å². The largest absolute Gasteiger partial charge is 0.478 e. The molecule has 1 N–H and O–H groups in total. The summed E-state index contributed by atoms with van der Waals surface area (Å²) in [6.07, 6.45) is 3.22. The lowest BCUT2D eigenvalue weighted by Crippen LogP contribution is -2.30. The van der Waals surface area contributed by atoms with E-state index in [1.54, 1.807) is 6.07 Å². The van der Waals surface area contributed by atoms with Gasteiger partial charge in [0, 0.05) is 37.1 Å². The number of carboxylic acids is 1. The lowest BCUT2D eigenvalue weighted by molar-refractivity contribution is 0.0698. The Bertz CT molecular complexity index is 703. The van der Waals surface area contributed by atoms with Crippen LogP contribution in [0.4, 0.5) is 0 Å². The number of carbonyl (C=O) groups is 1. The highest BCUT2D eigenvalue weighted by molar-refractivity contribution is 6.04. The lowest BCUT2D eigenvalue weighted by atomic mass is 10.0. The van der Waals surface area contributed by atoms with Gasteiger partial charge in [-0.1, -0.05) is 32.4 Å². The molecule has 22 heavy (non-hydrogen) atoms. The number of para-hydroxylation sites is 1. The van der Waals surface area contributed by atoms with Crippen LogP contribution in [-0.2, 0) is 19.5 Å². The molecule has 1 aromatic carbocycles. The Balaban J connectivity index is 2.23. The molecule has 0 spiro atoms.